The molecule has 2 rings (SSSR count). The molecular weight excluding hydrogens is 342 g/mol. The lowest BCUT2D eigenvalue weighted by atomic mass is 10.2. The highest BCUT2D eigenvalue weighted by atomic mass is 16.5. The van der Waals surface area contributed by atoms with E-state index in [1.165, 1.54) is 5.56 Å². The third-order valence-corrected chi connectivity index (χ3v) is 4.43. The summed E-state index contributed by atoms with van der Waals surface area (Å²) < 4.78 is 16.9. The van der Waals surface area contributed by atoms with Crippen LogP contribution in [0.15, 0.2) is 35.3 Å². The van der Waals surface area contributed by atoms with Crippen LogP contribution in [0.3, 0.4) is 0 Å². The third-order valence-electron chi connectivity index (χ3n) is 4.43. The van der Waals surface area contributed by atoms with Crippen LogP contribution >= 0.6 is 0 Å². The summed E-state index contributed by atoms with van der Waals surface area (Å²) in [4.78, 5) is 4.24. The van der Waals surface area contributed by atoms with Crippen LogP contribution in [0.25, 0.3) is 0 Å². The lowest BCUT2D eigenvalue weighted by molar-refractivity contribution is 0.0168. The molecule has 0 spiro atoms. The van der Waals surface area contributed by atoms with Gasteiger partial charge in [-0.3, -0.25) is 4.99 Å². The number of hydrogen-bond acceptors (Lipinski definition) is 4. The number of rotatable bonds is 13. The van der Waals surface area contributed by atoms with Crippen molar-refractivity contribution in [3.8, 4) is 0 Å². The van der Waals surface area contributed by atoms with Crippen molar-refractivity contribution in [2.75, 3.05) is 46.6 Å². The fourth-order valence-corrected chi connectivity index (χ4v) is 2.89. The van der Waals surface area contributed by atoms with Crippen LogP contribution < -0.4 is 10.6 Å². The van der Waals surface area contributed by atoms with E-state index in [1.54, 1.807) is 7.05 Å². The Morgan fingerprint density at radius 2 is 1.85 bits per heavy atom. The summed E-state index contributed by atoms with van der Waals surface area (Å²) in [5.41, 5.74) is 1.22. The summed E-state index contributed by atoms with van der Waals surface area (Å²) >= 11 is 0. The van der Waals surface area contributed by atoms with E-state index in [4.69, 9.17) is 14.2 Å². The van der Waals surface area contributed by atoms with E-state index in [0.29, 0.717) is 12.7 Å². The number of aliphatic imine (C=N–C) groups is 1. The molecule has 27 heavy (non-hydrogen) atoms. The summed E-state index contributed by atoms with van der Waals surface area (Å²) in [7, 11) is 1.80. The second kappa shape index (κ2) is 14.4. The van der Waals surface area contributed by atoms with Crippen molar-refractivity contribution in [2.24, 2.45) is 4.99 Å². The Kier molecular flexibility index (Phi) is 11.6. The Morgan fingerprint density at radius 3 is 2.59 bits per heavy atom. The number of unbranched alkanes of at least 4 members (excludes halogenated alkanes) is 1. The maximum absolute atomic E-state index is 5.70. The van der Waals surface area contributed by atoms with Gasteiger partial charge in [0, 0.05) is 40.0 Å². The molecule has 1 atom stereocenters. The Bertz CT molecular complexity index is 505. The predicted molar refractivity (Wildman–Crippen MR) is 109 cm³/mol. The molecule has 1 aliphatic heterocycles. The molecule has 1 aromatic carbocycles. The van der Waals surface area contributed by atoms with Gasteiger partial charge in [-0.25, -0.2) is 0 Å². The molecule has 6 nitrogen and oxygen atoms in total. The lowest BCUT2D eigenvalue weighted by Crippen LogP contribution is -2.38. The number of benzene rings is 1. The molecule has 0 aromatic heterocycles. The van der Waals surface area contributed by atoms with Gasteiger partial charge in [0.2, 0.25) is 0 Å². The molecular formula is C21H35N3O3. The largest absolute Gasteiger partial charge is 0.379 e. The number of nitrogens with zero attached hydrogens (tertiary/aromatic N) is 1. The summed E-state index contributed by atoms with van der Waals surface area (Å²) in [5, 5.41) is 6.65. The van der Waals surface area contributed by atoms with Gasteiger partial charge in [-0.15, -0.1) is 0 Å². The topological polar surface area (TPSA) is 64.1 Å². The minimum atomic E-state index is 0.309. The standard InChI is InChI=1S/C21H35N3O3/c1-22-21(24-13-8-15-26-18-20-11-7-16-27-20)23-12-5-6-14-25-17-19-9-3-2-4-10-19/h2-4,9-10,20H,5-8,11-18H2,1H3,(H2,22,23,24). The van der Waals surface area contributed by atoms with Crippen molar-refractivity contribution < 1.29 is 14.2 Å². The van der Waals surface area contributed by atoms with Gasteiger partial charge in [-0.2, -0.15) is 0 Å². The quantitative estimate of drug-likeness (QED) is 0.314. The van der Waals surface area contributed by atoms with Crippen LogP contribution in [0.1, 0.15) is 37.7 Å². The maximum atomic E-state index is 5.70. The van der Waals surface area contributed by atoms with Gasteiger partial charge in [0.05, 0.1) is 19.3 Å². The normalized spacial score (nSPS) is 17.2. The number of guanidine groups is 1. The molecule has 0 bridgehead atoms. The molecule has 0 amide bonds. The fraction of sp³-hybridized carbons (Fsp3) is 0.667. The molecule has 1 heterocycles. The molecule has 1 fully saturated rings. The summed E-state index contributed by atoms with van der Waals surface area (Å²) in [5.74, 6) is 0.847. The maximum Gasteiger partial charge on any atom is 0.190 e. The highest BCUT2D eigenvalue weighted by molar-refractivity contribution is 5.79. The monoisotopic (exact) mass is 377 g/mol. The van der Waals surface area contributed by atoms with Gasteiger partial charge in [-0.05, 0) is 37.7 Å². The molecule has 6 heteroatoms. The Balaban J connectivity index is 1.37. The second-order valence-corrected chi connectivity index (χ2v) is 6.73. The average Bonchev–Trinajstić information content (AvgIpc) is 3.22. The van der Waals surface area contributed by atoms with Gasteiger partial charge < -0.3 is 24.8 Å². The van der Waals surface area contributed by atoms with E-state index in [2.05, 4.69) is 27.8 Å². The van der Waals surface area contributed by atoms with Crippen molar-refractivity contribution in [2.45, 2.75) is 44.8 Å². The summed E-state index contributed by atoms with van der Waals surface area (Å²) in [6, 6.07) is 10.3. The molecule has 1 unspecified atom stereocenters. The van der Waals surface area contributed by atoms with E-state index < -0.39 is 0 Å². The highest BCUT2D eigenvalue weighted by Crippen LogP contribution is 2.11. The predicted octanol–water partition coefficient (Wildman–Crippen LogP) is 2.73. The SMILES string of the molecule is CN=C(NCCCCOCc1ccccc1)NCCCOCC1CCCO1. The zero-order valence-corrected chi connectivity index (χ0v) is 16.6. The minimum absolute atomic E-state index is 0.309. The first-order chi connectivity index (χ1) is 13.4. The van der Waals surface area contributed by atoms with Crippen molar-refractivity contribution in [3.05, 3.63) is 35.9 Å². The van der Waals surface area contributed by atoms with E-state index in [-0.39, 0.29) is 0 Å². The van der Waals surface area contributed by atoms with Crippen LogP contribution in [-0.2, 0) is 20.8 Å². The molecule has 1 aliphatic rings. The minimum Gasteiger partial charge on any atom is -0.379 e. The first-order valence-corrected chi connectivity index (χ1v) is 10.1. The van der Waals surface area contributed by atoms with E-state index in [0.717, 1.165) is 77.6 Å². The van der Waals surface area contributed by atoms with Gasteiger partial charge in [0.15, 0.2) is 5.96 Å². The molecule has 0 radical (unpaired) electrons. The molecule has 1 aromatic rings. The van der Waals surface area contributed by atoms with Crippen LogP contribution in [0.4, 0.5) is 0 Å². The first kappa shape index (κ1) is 21.7. The van der Waals surface area contributed by atoms with Crippen LogP contribution in [0.5, 0.6) is 0 Å². The summed E-state index contributed by atoms with van der Waals surface area (Å²) in [6.07, 6.45) is 5.65. The van der Waals surface area contributed by atoms with Gasteiger partial charge >= 0.3 is 0 Å². The lowest BCUT2D eigenvalue weighted by Gasteiger charge is -2.13. The fourth-order valence-electron chi connectivity index (χ4n) is 2.89. The Morgan fingerprint density at radius 1 is 1.07 bits per heavy atom. The van der Waals surface area contributed by atoms with Crippen molar-refractivity contribution >= 4 is 5.96 Å². The van der Waals surface area contributed by atoms with Crippen molar-refractivity contribution in [1.29, 1.82) is 0 Å². The zero-order valence-electron chi connectivity index (χ0n) is 16.6. The Hall–Kier alpha value is -1.63. The Labute approximate surface area is 163 Å². The van der Waals surface area contributed by atoms with Crippen molar-refractivity contribution in [3.63, 3.8) is 0 Å². The van der Waals surface area contributed by atoms with Gasteiger partial charge in [0.25, 0.3) is 0 Å². The van der Waals surface area contributed by atoms with E-state index in [1.807, 2.05) is 18.2 Å². The molecule has 0 saturated carbocycles. The molecule has 1 saturated heterocycles. The van der Waals surface area contributed by atoms with Crippen LogP contribution in [0.2, 0.25) is 0 Å². The summed E-state index contributed by atoms with van der Waals surface area (Å²) in [6.45, 7) is 5.57. The number of ether oxygens (including phenoxy) is 3. The van der Waals surface area contributed by atoms with E-state index in [9.17, 15) is 0 Å². The molecule has 2 N–H and O–H groups in total. The average molecular weight is 378 g/mol. The van der Waals surface area contributed by atoms with Gasteiger partial charge in [-0.1, -0.05) is 30.3 Å². The second-order valence-electron chi connectivity index (χ2n) is 6.73. The third kappa shape index (κ3) is 10.3. The molecule has 0 aliphatic carbocycles. The first-order valence-electron chi connectivity index (χ1n) is 10.1. The zero-order chi connectivity index (χ0) is 19.0. The van der Waals surface area contributed by atoms with Gasteiger partial charge in [0.1, 0.15) is 0 Å². The van der Waals surface area contributed by atoms with E-state index >= 15 is 0 Å². The van der Waals surface area contributed by atoms with Crippen LogP contribution in [0, 0.1) is 0 Å². The number of hydrogen-bond donors (Lipinski definition) is 2. The molecule has 152 valence electrons. The van der Waals surface area contributed by atoms with Crippen molar-refractivity contribution in [1.82, 2.24) is 10.6 Å². The highest BCUT2D eigenvalue weighted by Gasteiger charge is 2.14. The smallest absolute Gasteiger partial charge is 0.190 e. The van der Waals surface area contributed by atoms with Crippen LogP contribution in [-0.4, -0.2) is 58.6 Å². The number of nitrogens with one attached hydrogen (secondary N) is 2.